The van der Waals surface area contributed by atoms with Crippen molar-refractivity contribution in [2.45, 2.75) is 25.6 Å². The molecule has 0 saturated carbocycles. The summed E-state index contributed by atoms with van der Waals surface area (Å²) in [5.74, 6) is -0.635. The van der Waals surface area contributed by atoms with Crippen molar-refractivity contribution < 1.29 is 27.5 Å². The molecule has 0 aliphatic carbocycles. The summed E-state index contributed by atoms with van der Waals surface area (Å²) in [6, 6.07) is 17.3. The van der Waals surface area contributed by atoms with Crippen molar-refractivity contribution in [3.63, 3.8) is 0 Å². The molecule has 0 spiro atoms. The Morgan fingerprint density at radius 3 is 2.34 bits per heavy atom. The zero-order valence-electron chi connectivity index (χ0n) is 20.8. The van der Waals surface area contributed by atoms with Crippen LogP contribution in [0.3, 0.4) is 0 Å². The van der Waals surface area contributed by atoms with Gasteiger partial charge < -0.3 is 20.2 Å². The van der Waals surface area contributed by atoms with E-state index in [2.05, 4.69) is 15.1 Å². The highest BCUT2D eigenvalue weighted by atomic mass is 19.4. The molecule has 0 bridgehead atoms. The van der Waals surface area contributed by atoms with E-state index in [1.165, 1.54) is 24.3 Å². The third-order valence-corrected chi connectivity index (χ3v) is 6.43. The van der Waals surface area contributed by atoms with Gasteiger partial charge in [-0.05, 0) is 55.5 Å². The molecule has 0 radical (unpaired) electrons. The van der Waals surface area contributed by atoms with Crippen LogP contribution in [0.4, 0.5) is 34.6 Å². The molecule has 1 atom stereocenters. The van der Waals surface area contributed by atoms with Gasteiger partial charge in [-0.3, -0.25) is 4.79 Å². The Hall–Kier alpha value is -4.08. The molecule has 3 aromatic rings. The number of halogens is 4. The summed E-state index contributed by atoms with van der Waals surface area (Å²) in [5.41, 5.74) is 1.40. The van der Waals surface area contributed by atoms with E-state index in [4.69, 9.17) is 4.99 Å². The van der Waals surface area contributed by atoms with E-state index in [1.807, 2.05) is 6.92 Å². The maximum atomic E-state index is 13.3. The largest absolute Gasteiger partial charge is 0.481 e. The second-order valence-electron chi connectivity index (χ2n) is 9.04. The van der Waals surface area contributed by atoms with Crippen LogP contribution in [-0.2, 0) is 11.0 Å². The number of carbonyl (C=O) groups is 1. The van der Waals surface area contributed by atoms with Crippen molar-refractivity contribution in [2.24, 2.45) is 4.99 Å². The molecule has 10 heteroatoms. The molecule has 200 valence electrons. The Kier molecular flexibility index (Phi) is 8.19. The van der Waals surface area contributed by atoms with E-state index < -0.39 is 23.8 Å². The molecule has 1 aliphatic heterocycles. The fourth-order valence-corrected chi connectivity index (χ4v) is 4.47. The number of para-hydroxylation sites is 1. The minimum atomic E-state index is -4.51. The molecule has 1 fully saturated rings. The fourth-order valence-electron chi connectivity index (χ4n) is 4.47. The maximum absolute atomic E-state index is 13.3. The van der Waals surface area contributed by atoms with Crippen LogP contribution in [0.15, 0.2) is 77.8 Å². The smallest absolute Gasteiger partial charge is 0.416 e. The number of nitrogens with one attached hydrogen (secondary N) is 1. The predicted octanol–water partition coefficient (Wildman–Crippen LogP) is 6.34. The van der Waals surface area contributed by atoms with Gasteiger partial charge in [-0.2, -0.15) is 13.2 Å². The number of hydrogen-bond acceptors (Lipinski definition) is 4. The first-order valence-electron chi connectivity index (χ1n) is 12.2. The third-order valence-electron chi connectivity index (χ3n) is 6.43. The summed E-state index contributed by atoms with van der Waals surface area (Å²) in [6.07, 6.45) is -4.86. The monoisotopic (exact) mass is 528 g/mol. The van der Waals surface area contributed by atoms with E-state index in [1.54, 1.807) is 36.4 Å². The molecule has 3 aromatic carbocycles. The molecule has 38 heavy (non-hydrogen) atoms. The summed E-state index contributed by atoms with van der Waals surface area (Å²) >= 11 is 0. The average Bonchev–Trinajstić information content (AvgIpc) is 2.89. The van der Waals surface area contributed by atoms with Crippen LogP contribution in [0.1, 0.15) is 30.5 Å². The number of alkyl halides is 3. The molecular weight excluding hydrogens is 500 g/mol. The lowest BCUT2D eigenvalue weighted by Gasteiger charge is -2.37. The van der Waals surface area contributed by atoms with Gasteiger partial charge in [0.15, 0.2) is 0 Å². The topological polar surface area (TPSA) is 68.2 Å². The third kappa shape index (κ3) is 6.81. The van der Waals surface area contributed by atoms with Gasteiger partial charge in [0.25, 0.3) is 0 Å². The van der Waals surface area contributed by atoms with Crippen LogP contribution >= 0.6 is 0 Å². The van der Waals surface area contributed by atoms with Crippen LogP contribution in [0.2, 0.25) is 0 Å². The number of amidine groups is 1. The highest BCUT2D eigenvalue weighted by Crippen LogP contribution is 2.34. The van der Waals surface area contributed by atoms with Crippen molar-refractivity contribution in [1.82, 2.24) is 4.90 Å². The second kappa shape index (κ2) is 11.5. The van der Waals surface area contributed by atoms with Gasteiger partial charge in [-0.1, -0.05) is 24.3 Å². The lowest BCUT2D eigenvalue weighted by atomic mass is 10.0. The average molecular weight is 529 g/mol. The first-order valence-corrected chi connectivity index (χ1v) is 12.2. The molecule has 0 aromatic heterocycles. The SMILES string of the molecule is CC(=Nc1ccccc1C(CC(=O)O)Nc1cccc(C(F)(F)F)c1)N1CCN(c2ccc(F)cc2)CC1. The summed E-state index contributed by atoms with van der Waals surface area (Å²) in [6.45, 7) is 4.69. The van der Waals surface area contributed by atoms with E-state index in [9.17, 15) is 27.5 Å². The van der Waals surface area contributed by atoms with Gasteiger partial charge >= 0.3 is 12.1 Å². The number of anilines is 2. The normalized spacial score (nSPS) is 15.3. The van der Waals surface area contributed by atoms with Gasteiger partial charge in [-0.15, -0.1) is 0 Å². The minimum absolute atomic E-state index is 0.165. The number of piperazine rings is 1. The Balaban J connectivity index is 1.53. The van der Waals surface area contributed by atoms with E-state index >= 15 is 0 Å². The molecule has 2 N–H and O–H groups in total. The number of benzene rings is 3. The van der Waals surface area contributed by atoms with Crippen molar-refractivity contribution in [1.29, 1.82) is 0 Å². The molecule has 6 nitrogen and oxygen atoms in total. The highest BCUT2D eigenvalue weighted by Gasteiger charge is 2.31. The summed E-state index contributed by atoms with van der Waals surface area (Å²) in [7, 11) is 0. The van der Waals surface area contributed by atoms with Crippen molar-refractivity contribution >= 4 is 28.9 Å². The molecule has 1 unspecified atom stereocenters. The van der Waals surface area contributed by atoms with Crippen LogP contribution in [0, 0.1) is 5.82 Å². The van der Waals surface area contributed by atoms with E-state index in [0.29, 0.717) is 24.3 Å². The fraction of sp³-hybridized carbons (Fsp3) is 0.286. The Bertz CT molecular complexity index is 1290. The number of carboxylic acid groups (broad SMARTS) is 1. The lowest BCUT2D eigenvalue weighted by molar-refractivity contribution is -0.138. The van der Waals surface area contributed by atoms with Gasteiger partial charge in [0.1, 0.15) is 11.7 Å². The van der Waals surface area contributed by atoms with Crippen molar-refractivity contribution in [2.75, 3.05) is 36.4 Å². The molecule has 1 heterocycles. The second-order valence-corrected chi connectivity index (χ2v) is 9.04. The number of carboxylic acids is 1. The summed E-state index contributed by atoms with van der Waals surface area (Å²) < 4.78 is 52.8. The van der Waals surface area contributed by atoms with Gasteiger partial charge in [-0.25, -0.2) is 9.38 Å². The van der Waals surface area contributed by atoms with Crippen LogP contribution < -0.4 is 10.2 Å². The molecule has 1 saturated heterocycles. The lowest BCUT2D eigenvalue weighted by Crippen LogP contribution is -2.48. The van der Waals surface area contributed by atoms with E-state index in [0.717, 1.165) is 36.7 Å². The molecule has 1 aliphatic rings. The molecule has 4 rings (SSSR count). The Morgan fingerprint density at radius 2 is 1.68 bits per heavy atom. The van der Waals surface area contributed by atoms with Gasteiger partial charge in [0.2, 0.25) is 0 Å². The summed E-state index contributed by atoms with van der Waals surface area (Å²) in [5, 5.41) is 12.5. The van der Waals surface area contributed by atoms with Gasteiger partial charge in [0.05, 0.1) is 23.7 Å². The molecular formula is C28H28F4N4O2. The Morgan fingerprint density at radius 1 is 1.00 bits per heavy atom. The molecule has 0 amide bonds. The standard InChI is InChI=1S/C28H28F4N4O2/c1-19(35-13-15-36(16-14-35)23-11-9-21(29)10-12-23)33-25-8-3-2-7-24(25)26(18-27(37)38)34-22-6-4-5-20(17-22)28(30,31)32/h2-12,17,26,34H,13-16,18H2,1H3,(H,37,38). The summed E-state index contributed by atoms with van der Waals surface area (Å²) in [4.78, 5) is 20.7. The van der Waals surface area contributed by atoms with Crippen molar-refractivity contribution in [3.05, 3.63) is 89.7 Å². The number of nitrogens with zero attached hydrogens (tertiary/aromatic N) is 3. The van der Waals surface area contributed by atoms with Crippen LogP contribution in [-0.4, -0.2) is 48.0 Å². The van der Waals surface area contributed by atoms with Crippen LogP contribution in [0.5, 0.6) is 0 Å². The number of hydrogen-bond donors (Lipinski definition) is 2. The minimum Gasteiger partial charge on any atom is -0.481 e. The first-order chi connectivity index (χ1) is 18.1. The zero-order chi connectivity index (χ0) is 27.3. The van der Waals surface area contributed by atoms with Crippen LogP contribution in [0.25, 0.3) is 0 Å². The van der Waals surface area contributed by atoms with E-state index in [-0.39, 0.29) is 17.9 Å². The highest BCUT2D eigenvalue weighted by molar-refractivity contribution is 5.83. The first kappa shape index (κ1) is 27.0. The Labute approximate surface area is 218 Å². The number of rotatable bonds is 7. The number of aliphatic carboxylic acids is 1. The maximum Gasteiger partial charge on any atom is 0.416 e. The number of aliphatic imine (C=N–C) groups is 1. The quantitative estimate of drug-likeness (QED) is 0.213. The van der Waals surface area contributed by atoms with Gasteiger partial charge in [0, 0.05) is 43.1 Å². The zero-order valence-corrected chi connectivity index (χ0v) is 20.8. The van der Waals surface area contributed by atoms with Crippen molar-refractivity contribution in [3.8, 4) is 0 Å². The predicted molar refractivity (Wildman–Crippen MR) is 139 cm³/mol.